The molecule has 0 aliphatic rings. The van der Waals surface area contributed by atoms with Crippen LogP contribution < -0.4 is 16.2 Å². The highest BCUT2D eigenvalue weighted by Gasteiger charge is 2.11. The van der Waals surface area contributed by atoms with Crippen molar-refractivity contribution in [2.45, 2.75) is 23.8 Å². The molecule has 1 aromatic rings. The molecule has 0 aliphatic heterocycles. The number of benzene rings is 1. The van der Waals surface area contributed by atoms with Gasteiger partial charge < -0.3 is 11.1 Å². The van der Waals surface area contributed by atoms with Crippen LogP contribution >= 0.6 is 0 Å². The van der Waals surface area contributed by atoms with Gasteiger partial charge >= 0.3 is 0 Å². The summed E-state index contributed by atoms with van der Waals surface area (Å²) in [4.78, 5) is 11.5. The molecule has 0 radical (unpaired) electrons. The molecule has 1 unspecified atom stereocenters. The van der Waals surface area contributed by atoms with Crippen LogP contribution in [0.4, 0.5) is 0 Å². The lowest BCUT2D eigenvalue weighted by Crippen LogP contribution is -2.41. The first-order valence-corrected chi connectivity index (χ1v) is 7.47. The maximum Gasteiger partial charge on any atom is 0.238 e. The van der Waals surface area contributed by atoms with Crippen molar-refractivity contribution in [1.82, 2.24) is 5.32 Å². The van der Waals surface area contributed by atoms with Crippen LogP contribution in [0.25, 0.3) is 0 Å². The van der Waals surface area contributed by atoms with Crippen LogP contribution in [0.1, 0.15) is 12.0 Å². The normalized spacial score (nSPS) is 12.4. The van der Waals surface area contributed by atoms with Crippen molar-refractivity contribution in [3.63, 3.8) is 0 Å². The molecule has 7 heteroatoms. The quantitative estimate of drug-likeness (QED) is 0.604. The zero-order valence-corrected chi connectivity index (χ0v) is 11.7. The zero-order valence-electron chi connectivity index (χ0n) is 10.9. The second-order valence-electron chi connectivity index (χ2n) is 4.24. The predicted octanol–water partition coefficient (Wildman–Crippen LogP) is -0.657. The van der Waals surface area contributed by atoms with Crippen molar-refractivity contribution in [2.24, 2.45) is 10.9 Å². The van der Waals surface area contributed by atoms with Gasteiger partial charge in [-0.05, 0) is 24.1 Å². The van der Waals surface area contributed by atoms with E-state index in [-0.39, 0.29) is 17.2 Å². The monoisotopic (exact) mass is 295 g/mol. The summed E-state index contributed by atoms with van der Waals surface area (Å²) in [6.07, 6.45) is 5.81. The van der Waals surface area contributed by atoms with Crippen molar-refractivity contribution in [3.8, 4) is 12.3 Å². The number of sulfonamides is 1. The van der Waals surface area contributed by atoms with Crippen LogP contribution in [-0.2, 0) is 21.2 Å². The van der Waals surface area contributed by atoms with E-state index in [4.69, 9.17) is 17.3 Å². The molecule has 0 heterocycles. The Morgan fingerprint density at radius 3 is 2.45 bits per heavy atom. The van der Waals surface area contributed by atoms with E-state index in [0.29, 0.717) is 13.0 Å². The fraction of sp³-hybridized carbons (Fsp3) is 0.308. The maximum absolute atomic E-state index is 11.5. The number of hydrogen-bond acceptors (Lipinski definition) is 4. The molecule has 1 rings (SSSR count). The van der Waals surface area contributed by atoms with Gasteiger partial charge in [0.1, 0.15) is 0 Å². The highest BCUT2D eigenvalue weighted by Crippen LogP contribution is 2.08. The van der Waals surface area contributed by atoms with E-state index in [1.807, 2.05) is 0 Å². The molecule has 6 nitrogen and oxygen atoms in total. The van der Waals surface area contributed by atoms with Gasteiger partial charge in [-0.3, -0.25) is 4.79 Å². The standard InChI is InChI=1S/C13H17N3O3S/c1-2-3-12(14)13(17)16-9-8-10-4-6-11(7-5-10)20(15,18)19/h1,4-7,12H,3,8-9,14H2,(H,16,17)(H2,15,18,19). The molecular weight excluding hydrogens is 278 g/mol. The fourth-order valence-electron chi connectivity index (χ4n) is 1.53. The smallest absolute Gasteiger partial charge is 0.238 e. The SMILES string of the molecule is C#CCC(N)C(=O)NCCc1ccc(S(N)(=O)=O)cc1. The van der Waals surface area contributed by atoms with Gasteiger partial charge in [-0.25, -0.2) is 13.6 Å². The Balaban J connectivity index is 2.48. The number of primary sulfonamides is 1. The Labute approximate surface area is 118 Å². The first kappa shape index (κ1) is 16.2. The van der Waals surface area contributed by atoms with E-state index in [9.17, 15) is 13.2 Å². The predicted molar refractivity (Wildman–Crippen MR) is 76.0 cm³/mol. The minimum atomic E-state index is -3.68. The summed E-state index contributed by atoms with van der Waals surface area (Å²) in [7, 11) is -3.68. The molecule has 0 saturated heterocycles. The van der Waals surface area contributed by atoms with Gasteiger partial charge in [0.2, 0.25) is 15.9 Å². The summed E-state index contributed by atoms with van der Waals surface area (Å²) < 4.78 is 22.1. The molecule has 0 fully saturated rings. The molecule has 5 N–H and O–H groups in total. The topological polar surface area (TPSA) is 115 Å². The minimum absolute atomic E-state index is 0.0568. The van der Waals surface area contributed by atoms with E-state index < -0.39 is 16.1 Å². The van der Waals surface area contributed by atoms with Crippen molar-refractivity contribution < 1.29 is 13.2 Å². The van der Waals surface area contributed by atoms with E-state index in [2.05, 4.69) is 11.2 Å². The fourth-order valence-corrected chi connectivity index (χ4v) is 2.04. The largest absolute Gasteiger partial charge is 0.354 e. The number of nitrogens with one attached hydrogen (secondary N) is 1. The molecule has 1 atom stereocenters. The van der Waals surface area contributed by atoms with Crippen molar-refractivity contribution in [1.29, 1.82) is 0 Å². The van der Waals surface area contributed by atoms with Gasteiger partial charge in [0.15, 0.2) is 0 Å². The average molecular weight is 295 g/mol. The third-order valence-electron chi connectivity index (χ3n) is 2.64. The lowest BCUT2D eigenvalue weighted by atomic mass is 10.1. The van der Waals surface area contributed by atoms with Gasteiger partial charge in [0, 0.05) is 13.0 Å². The summed E-state index contributed by atoms with van der Waals surface area (Å²) in [5, 5.41) is 7.65. The average Bonchev–Trinajstić information content (AvgIpc) is 2.38. The molecule has 1 aromatic carbocycles. The molecule has 0 spiro atoms. The Hall–Kier alpha value is -1.88. The van der Waals surface area contributed by atoms with Crippen LogP contribution in [0.3, 0.4) is 0 Å². The summed E-state index contributed by atoms with van der Waals surface area (Å²) in [5.74, 6) is 2.02. The lowest BCUT2D eigenvalue weighted by Gasteiger charge is -2.09. The molecule has 0 saturated carbocycles. The number of carbonyl (C=O) groups excluding carboxylic acids is 1. The number of nitrogens with two attached hydrogens (primary N) is 2. The van der Waals surface area contributed by atoms with Crippen LogP contribution in [0.2, 0.25) is 0 Å². The molecule has 20 heavy (non-hydrogen) atoms. The van der Waals surface area contributed by atoms with Crippen LogP contribution in [0.5, 0.6) is 0 Å². The summed E-state index contributed by atoms with van der Waals surface area (Å²) >= 11 is 0. The number of rotatable bonds is 6. The zero-order chi connectivity index (χ0) is 15.2. The highest BCUT2D eigenvalue weighted by atomic mass is 32.2. The number of hydrogen-bond donors (Lipinski definition) is 3. The summed E-state index contributed by atoms with van der Waals surface area (Å²) in [6.45, 7) is 0.395. The Morgan fingerprint density at radius 1 is 1.35 bits per heavy atom. The van der Waals surface area contributed by atoms with Gasteiger partial charge in [-0.2, -0.15) is 0 Å². The number of terminal acetylenes is 1. The molecule has 0 aliphatic carbocycles. The molecule has 0 bridgehead atoms. The third kappa shape index (κ3) is 5.01. The maximum atomic E-state index is 11.5. The van der Waals surface area contributed by atoms with E-state index in [1.165, 1.54) is 12.1 Å². The van der Waals surface area contributed by atoms with Crippen LogP contribution in [-0.4, -0.2) is 26.9 Å². The van der Waals surface area contributed by atoms with Gasteiger partial charge in [-0.1, -0.05) is 12.1 Å². The van der Waals surface area contributed by atoms with Crippen molar-refractivity contribution in [3.05, 3.63) is 29.8 Å². The van der Waals surface area contributed by atoms with E-state index >= 15 is 0 Å². The first-order chi connectivity index (χ1) is 9.34. The first-order valence-electron chi connectivity index (χ1n) is 5.93. The van der Waals surface area contributed by atoms with Crippen molar-refractivity contribution >= 4 is 15.9 Å². The Morgan fingerprint density at radius 2 is 1.95 bits per heavy atom. The second kappa shape index (κ2) is 7.05. The van der Waals surface area contributed by atoms with Gasteiger partial charge in [0.05, 0.1) is 10.9 Å². The van der Waals surface area contributed by atoms with E-state index in [1.54, 1.807) is 12.1 Å². The van der Waals surface area contributed by atoms with E-state index in [0.717, 1.165) is 5.56 Å². The van der Waals surface area contributed by atoms with Gasteiger partial charge in [-0.15, -0.1) is 12.3 Å². The molecule has 108 valence electrons. The Bertz CT molecular complexity index is 603. The minimum Gasteiger partial charge on any atom is -0.354 e. The van der Waals surface area contributed by atoms with Crippen LogP contribution in [0.15, 0.2) is 29.2 Å². The highest BCUT2D eigenvalue weighted by molar-refractivity contribution is 7.89. The summed E-state index contributed by atoms with van der Waals surface area (Å²) in [5.41, 5.74) is 6.42. The molecule has 0 aromatic heterocycles. The number of carbonyl (C=O) groups is 1. The summed E-state index contributed by atoms with van der Waals surface area (Å²) in [6, 6.07) is 5.44. The Kier molecular flexibility index (Phi) is 5.70. The lowest BCUT2D eigenvalue weighted by molar-refractivity contribution is -0.122. The van der Waals surface area contributed by atoms with Crippen LogP contribution in [0, 0.1) is 12.3 Å². The third-order valence-corrected chi connectivity index (χ3v) is 3.57. The second-order valence-corrected chi connectivity index (χ2v) is 5.81. The van der Waals surface area contributed by atoms with Gasteiger partial charge in [0.25, 0.3) is 0 Å². The molecule has 1 amide bonds. The number of amides is 1. The van der Waals surface area contributed by atoms with Crippen molar-refractivity contribution in [2.75, 3.05) is 6.54 Å². The molecular formula is C13H17N3O3S.